The van der Waals surface area contributed by atoms with Crippen molar-refractivity contribution in [1.82, 2.24) is 10.2 Å². The summed E-state index contributed by atoms with van der Waals surface area (Å²) in [6.07, 6.45) is 0. The smallest absolute Gasteiger partial charge is 0.352 e. The fourth-order valence-electron chi connectivity index (χ4n) is 2.66. The molecule has 1 fully saturated rings. The van der Waals surface area contributed by atoms with Gasteiger partial charge in [0.2, 0.25) is 5.91 Å². The first kappa shape index (κ1) is 16.9. The highest BCUT2D eigenvalue weighted by Gasteiger charge is 2.53. The summed E-state index contributed by atoms with van der Waals surface area (Å²) in [5.41, 5.74) is 0.717. The number of thioether (sulfide) groups is 2. The van der Waals surface area contributed by atoms with Crippen LogP contribution >= 0.6 is 23.5 Å². The topological polar surface area (TPSA) is 86.7 Å². The first-order chi connectivity index (χ1) is 11.5. The summed E-state index contributed by atoms with van der Waals surface area (Å²) in [5, 5.41) is 11.7. The Morgan fingerprint density at radius 2 is 2.08 bits per heavy atom. The Kier molecular flexibility index (Phi) is 4.86. The van der Waals surface area contributed by atoms with Crippen LogP contribution in [-0.2, 0) is 14.4 Å². The molecule has 2 unspecified atom stereocenters. The molecule has 24 heavy (non-hydrogen) atoms. The molecule has 126 valence electrons. The average Bonchev–Trinajstić information content (AvgIpc) is 2.58. The van der Waals surface area contributed by atoms with Crippen LogP contribution in [0.5, 0.6) is 0 Å². The molecule has 0 spiro atoms. The molecule has 1 aromatic rings. The van der Waals surface area contributed by atoms with E-state index < -0.39 is 12.0 Å². The fourth-order valence-corrected chi connectivity index (χ4v) is 4.68. The molecular formula is C16H16N2O4S2. The number of amides is 2. The first-order valence-corrected chi connectivity index (χ1v) is 9.37. The van der Waals surface area contributed by atoms with Gasteiger partial charge in [0, 0.05) is 10.6 Å². The van der Waals surface area contributed by atoms with Crippen LogP contribution in [0.25, 0.3) is 0 Å². The Labute approximate surface area is 147 Å². The fraction of sp³-hybridized carbons (Fsp3) is 0.312. The van der Waals surface area contributed by atoms with Crippen molar-refractivity contribution in [3.63, 3.8) is 0 Å². The summed E-state index contributed by atoms with van der Waals surface area (Å²) < 4.78 is 0. The molecule has 2 aliphatic rings. The van der Waals surface area contributed by atoms with Crippen molar-refractivity contribution in [3.8, 4) is 0 Å². The summed E-state index contributed by atoms with van der Waals surface area (Å²) in [6, 6.07) is 8.88. The highest BCUT2D eigenvalue weighted by Crippen LogP contribution is 2.40. The lowest BCUT2D eigenvalue weighted by molar-refractivity contribution is -0.150. The number of carboxylic acid groups (broad SMARTS) is 1. The molecular weight excluding hydrogens is 348 g/mol. The van der Waals surface area contributed by atoms with E-state index in [-0.39, 0.29) is 28.6 Å². The third-order valence-electron chi connectivity index (χ3n) is 3.79. The van der Waals surface area contributed by atoms with Gasteiger partial charge in [-0.15, -0.1) is 23.5 Å². The number of benzene rings is 1. The number of nitrogens with one attached hydrogen (secondary N) is 1. The van der Waals surface area contributed by atoms with Crippen molar-refractivity contribution in [2.75, 3.05) is 11.5 Å². The van der Waals surface area contributed by atoms with Crippen molar-refractivity contribution >= 4 is 41.3 Å². The summed E-state index contributed by atoms with van der Waals surface area (Å²) in [6.45, 7) is 1.71. The molecule has 8 heteroatoms. The highest BCUT2D eigenvalue weighted by atomic mass is 32.2. The van der Waals surface area contributed by atoms with Gasteiger partial charge >= 0.3 is 5.97 Å². The monoisotopic (exact) mass is 364 g/mol. The van der Waals surface area contributed by atoms with Gasteiger partial charge in [0.05, 0.1) is 5.75 Å². The zero-order chi connectivity index (χ0) is 17.3. The number of hydrogen-bond donors (Lipinski definition) is 2. The third kappa shape index (κ3) is 3.16. The number of hydrogen-bond acceptors (Lipinski definition) is 5. The second-order valence-corrected chi connectivity index (χ2v) is 7.64. The minimum Gasteiger partial charge on any atom is -0.477 e. The molecule has 0 bridgehead atoms. The van der Waals surface area contributed by atoms with E-state index in [9.17, 15) is 19.5 Å². The maximum absolute atomic E-state index is 12.3. The Bertz CT molecular complexity index is 720. The quantitative estimate of drug-likeness (QED) is 0.609. The van der Waals surface area contributed by atoms with E-state index in [0.717, 1.165) is 4.90 Å². The van der Waals surface area contributed by atoms with Crippen molar-refractivity contribution in [2.45, 2.75) is 23.2 Å². The van der Waals surface area contributed by atoms with Crippen LogP contribution in [-0.4, -0.2) is 50.7 Å². The molecule has 2 amide bonds. The minimum absolute atomic E-state index is 0.0490. The van der Waals surface area contributed by atoms with E-state index in [1.54, 1.807) is 6.92 Å². The largest absolute Gasteiger partial charge is 0.477 e. The predicted molar refractivity (Wildman–Crippen MR) is 92.5 cm³/mol. The molecule has 6 nitrogen and oxygen atoms in total. The van der Waals surface area contributed by atoms with E-state index in [1.807, 2.05) is 30.3 Å². The number of nitrogens with zero attached hydrogens (tertiary/aromatic N) is 1. The zero-order valence-electron chi connectivity index (χ0n) is 12.9. The number of β-lactam (4-membered cyclic amide) rings is 1. The maximum atomic E-state index is 12.3. The lowest BCUT2D eigenvalue weighted by Gasteiger charge is -2.49. The van der Waals surface area contributed by atoms with E-state index in [1.165, 1.54) is 28.4 Å². The normalized spacial score (nSPS) is 22.7. The first-order valence-electron chi connectivity index (χ1n) is 7.34. The van der Waals surface area contributed by atoms with Gasteiger partial charge in [-0.2, -0.15) is 0 Å². The third-order valence-corrected chi connectivity index (χ3v) is 6.23. The van der Waals surface area contributed by atoms with Gasteiger partial charge in [-0.25, -0.2) is 4.79 Å². The summed E-state index contributed by atoms with van der Waals surface area (Å²) in [5.74, 6) is -0.935. The lowest BCUT2D eigenvalue weighted by Crippen LogP contribution is -2.70. The van der Waals surface area contributed by atoms with E-state index in [0.29, 0.717) is 11.3 Å². The van der Waals surface area contributed by atoms with Crippen LogP contribution < -0.4 is 5.32 Å². The Morgan fingerprint density at radius 3 is 2.75 bits per heavy atom. The van der Waals surface area contributed by atoms with Crippen LogP contribution in [0.2, 0.25) is 0 Å². The van der Waals surface area contributed by atoms with Crippen molar-refractivity contribution in [2.24, 2.45) is 0 Å². The number of aliphatic carboxylic acids is 1. The van der Waals surface area contributed by atoms with Gasteiger partial charge < -0.3 is 10.4 Å². The van der Waals surface area contributed by atoms with Crippen molar-refractivity contribution < 1.29 is 19.5 Å². The van der Waals surface area contributed by atoms with Crippen LogP contribution in [0.3, 0.4) is 0 Å². The number of carboxylic acids is 1. The Morgan fingerprint density at radius 1 is 1.38 bits per heavy atom. The summed E-state index contributed by atoms with van der Waals surface area (Å²) in [7, 11) is 0. The van der Waals surface area contributed by atoms with Crippen LogP contribution in [0.1, 0.15) is 6.92 Å². The zero-order valence-corrected chi connectivity index (χ0v) is 14.5. The van der Waals surface area contributed by atoms with E-state index in [4.69, 9.17) is 0 Å². The van der Waals surface area contributed by atoms with Gasteiger partial charge in [0.25, 0.3) is 5.91 Å². The molecule has 0 aromatic heterocycles. The molecule has 2 aliphatic heterocycles. The van der Waals surface area contributed by atoms with Crippen LogP contribution in [0.4, 0.5) is 0 Å². The minimum atomic E-state index is -1.10. The molecule has 2 heterocycles. The van der Waals surface area contributed by atoms with Gasteiger partial charge in [0.1, 0.15) is 17.1 Å². The highest BCUT2D eigenvalue weighted by molar-refractivity contribution is 8.00. The standard InChI is InChI=1S/C16H16N2O4S2/c1-9-7-24-15-12(14(20)18(15)13(9)16(21)22)17-11(19)8-23-10-5-3-2-4-6-10/h2-6,12,15H,7-8H2,1H3,(H,17,19)(H,21,22). The summed E-state index contributed by atoms with van der Waals surface area (Å²) >= 11 is 2.87. The number of fused-ring (bicyclic) bond motifs is 1. The van der Waals surface area contributed by atoms with Gasteiger partial charge in [-0.1, -0.05) is 18.2 Å². The molecule has 1 saturated heterocycles. The van der Waals surface area contributed by atoms with E-state index in [2.05, 4.69) is 5.32 Å². The Hall–Kier alpha value is -1.93. The average molecular weight is 364 g/mol. The van der Waals surface area contributed by atoms with E-state index >= 15 is 0 Å². The maximum Gasteiger partial charge on any atom is 0.352 e. The number of carbonyl (C=O) groups excluding carboxylic acids is 2. The molecule has 0 aliphatic carbocycles. The second-order valence-electron chi connectivity index (χ2n) is 5.49. The molecule has 0 radical (unpaired) electrons. The van der Waals surface area contributed by atoms with Crippen molar-refractivity contribution in [1.29, 1.82) is 0 Å². The molecule has 0 saturated carbocycles. The molecule has 3 rings (SSSR count). The van der Waals surface area contributed by atoms with Gasteiger partial charge in [0.15, 0.2) is 0 Å². The van der Waals surface area contributed by atoms with Gasteiger partial charge in [-0.05, 0) is 24.6 Å². The number of carbonyl (C=O) groups is 3. The lowest BCUT2D eigenvalue weighted by atomic mass is 10.0. The van der Waals surface area contributed by atoms with Crippen molar-refractivity contribution in [3.05, 3.63) is 41.6 Å². The van der Waals surface area contributed by atoms with Gasteiger partial charge in [-0.3, -0.25) is 14.5 Å². The Balaban J connectivity index is 1.59. The SMILES string of the molecule is CC1=C(C(=O)O)N2C(=O)C(NC(=O)CSc3ccccc3)C2SC1. The second kappa shape index (κ2) is 6.90. The predicted octanol–water partition coefficient (Wildman–Crippen LogP) is 1.54. The molecule has 1 aromatic carbocycles. The number of rotatable bonds is 5. The van der Waals surface area contributed by atoms with Crippen LogP contribution in [0.15, 0.2) is 46.5 Å². The molecule has 2 atom stereocenters. The summed E-state index contributed by atoms with van der Waals surface area (Å²) in [4.78, 5) is 37.9. The van der Waals surface area contributed by atoms with Crippen LogP contribution in [0, 0.1) is 0 Å². The molecule has 2 N–H and O–H groups in total.